The summed E-state index contributed by atoms with van der Waals surface area (Å²) < 4.78 is 4.29. The van der Waals surface area contributed by atoms with E-state index in [9.17, 15) is 4.79 Å². The Labute approximate surface area is 111 Å². The van der Waals surface area contributed by atoms with Crippen molar-refractivity contribution in [2.45, 2.75) is 2.14 Å². The van der Waals surface area contributed by atoms with Crippen molar-refractivity contribution in [3.8, 4) is 0 Å². The third-order valence-corrected chi connectivity index (χ3v) is 2.83. The first-order valence-electron chi connectivity index (χ1n) is 3.95. The summed E-state index contributed by atoms with van der Waals surface area (Å²) in [5.74, 6) is -0.263. The number of nitrogens with zero attached hydrogens (tertiary/aromatic N) is 1. The van der Waals surface area contributed by atoms with Gasteiger partial charge in [0.25, 0.3) is 11.7 Å². The maximum atomic E-state index is 11.7. The lowest BCUT2D eigenvalue weighted by molar-refractivity contribution is 0.0976. The number of fused-ring (bicyclic) bond motifs is 1. The summed E-state index contributed by atoms with van der Waals surface area (Å²) in [6.07, 6.45) is 0. The second-order valence-corrected chi connectivity index (χ2v) is 9.57. The fraction of sp³-hybridized carbons (Fsp3) is 0.111. The van der Waals surface area contributed by atoms with Gasteiger partial charge in [0.15, 0.2) is 5.58 Å². The van der Waals surface area contributed by atoms with E-state index in [4.69, 9.17) is 4.42 Å². The first-order valence-corrected chi connectivity index (χ1v) is 6.33. The number of carbonyl (C=O) groups is 1. The second-order valence-electron chi connectivity index (χ2n) is 2.81. The Bertz CT molecular complexity index is 482. The molecule has 0 fully saturated rings. The van der Waals surface area contributed by atoms with Crippen LogP contribution in [-0.2, 0) is 0 Å². The van der Waals surface area contributed by atoms with Crippen molar-refractivity contribution in [3.63, 3.8) is 0 Å². The van der Waals surface area contributed by atoms with Crippen LogP contribution in [0, 0.1) is 0 Å². The standard InChI is InChI=1S/C9H4Br3NO2/c10-9(11,12)7(14)8-13-5-3-1-2-4-6(5)15-8/h1-4H. The molecule has 0 spiro atoms. The van der Waals surface area contributed by atoms with Crippen LogP contribution >= 0.6 is 47.8 Å². The molecule has 1 aromatic heterocycles. The highest BCUT2D eigenvalue weighted by Gasteiger charge is 2.33. The van der Waals surface area contributed by atoms with Crippen molar-refractivity contribution < 1.29 is 9.21 Å². The number of aromatic nitrogens is 1. The van der Waals surface area contributed by atoms with E-state index in [-0.39, 0.29) is 11.7 Å². The van der Waals surface area contributed by atoms with Crippen LogP contribution in [0.15, 0.2) is 28.7 Å². The average Bonchev–Trinajstić information content (AvgIpc) is 2.58. The molecule has 0 atom stereocenters. The van der Waals surface area contributed by atoms with E-state index in [1.807, 2.05) is 12.1 Å². The highest BCUT2D eigenvalue weighted by atomic mass is 80.0. The molecule has 0 N–H and O–H groups in total. The maximum Gasteiger partial charge on any atom is 0.267 e. The van der Waals surface area contributed by atoms with Crippen molar-refractivity contribution >= 4 is 64.7 Å². The zero-order valence-corrected chi connectivity index (χ0v) is 12.0. The molecule has 0 amide bonds. The quantitative estimate of drug-likeness (QED) is 0.542. The molecule has 0 aliphatic rings. The minimum Gasteiger partial charge on any atom is -0.434 e. The van der Waals surface area contributed by atoms with Crippen LogP contribution in [0.4, 0.5) is 0 Å². The van der Waals surface area contributed by atoms with Gasteiger partial charge in [-0.2, -0.15) is 0 Å². The number of hydrogen-bond donors (Lipinski definition) is 0. The summed E-state index contributed by atoms with van der Waals surface area (Å²) in [6, 6.07) is 7.21. The summed E-state index contributed by atoms with van der Waals surface area (Å²) in [5.41, 5.74) is 1.26. The Morgan fingerprint density at radius 2 is 1.93 bits per heavy atom. The highest BCUT2D eigenvalue weighted by Crippen LogP contribution is 2.37. The summed E-state index contributed by atoms with van der Waals surface area (Å²) in [4.78, 5) is 15.8. The lowest BCUT2D eigenvalue weighted by atomic mass is 10.3. The maximum absolute atomic E-state index is 11.7. The summed E-state index contributed by atoms with van der Waals surface area (Å²) in [6.45, 7) is 0. The molecule has 78 valence electrons. The van der Waals surface area contributed by atoms with Gasteiger partial charge in [0.05, 0.1) is 0 Å². The molecule has 0 aliphatic carbocycles. The Kier molecular flexibility index (Phi) is 3.00. The van der Waals surface area contributed by atoms with Crippen LogP contribution in [0.1, 0.15) is 10.7 Å². The van der Waals surface area contributed by atoms with Crippen LogP contribution in [0.5, 0.6) is 0 Å². The molecule has 0 unspecified atom stereocenters. The minimum absolute atomic E-state index is 0.0572. The molecule has 2 aromatic rings. The molecule has 1 aromatic carbocycles. The topological polar surface area (TPSA) is 43.1 Å². The number of oxazole rings is 1. The number of carbonyl (C=O) groups excluding carboxylic acids is 1. The molecule has 0 saturated carbocycles. The monoisotopic (exact) mass is 395 g/mol. The minimum atomic E-state index is -1.02. The highest BCUT2D eigenvalue weighted by molar-refractivity contribution is 9.40. The van der Waals surface area contributed by atoms with Crippen molar-refractivity contribution in [2.75, 3.05) is 0 Å². The van der Waals surface area contributed by atoms with Gasteiger partial charge < -0.3 is 4.42 Å². The Morgan fingerprint density at radius 3 is 2.53 bits per heavy atom. The van der Waals surface area contributed by atoms with Crippen molar-refractivity contribution in [1.82, 2.24) is 4.98 Å². The smallest absolute Gasteiger partial charge is 0.267 e. The predicted molar refractivity (Wildman–Crippen MR) is 67.9 cm³/mol. The SMILES string of the molecule is O=C(c1nc2ccccc2o1)C(Br)(Br)Br. The van der Waals surface area contributed by atoms with E-state index in [0.29, 0.717) is 11.1 Å². The van der Waals surface area contributed by atoms with Crippen LogP contribution in [0.25, 0.3) is 11.1 Å². The van der Waals surface area contributed by atoms with Gasteiger partial charge in [0.2, 0.25) is 2.14 Å². The van der Waals surface area contributed by atoms with Crippen LogP contribution in [0.3, 0.4) is 0 Å². The van der Waals surface area contributed by atoms with E-state index in [2.05, 4.69) is 52.8 Å². The number of alkyl halides is 3. The first kappa shape index (κ1) is 11.3. The van der Waals surface area contributed by atoms with Gasteiger partial charge in [0.1, 0.15) is 5.52 Å². The van der Waals surface area contributed by atoms with Gasteiger partial charge in [-0.15, -0.1) is 0 Å². The van der Waals surface area contributed by atoms with Gasteiger partial charge in [-0.3, -0.25) is 4.79 Å². The third-order valence-electron chi connectivity index (χ3n) is 1.75. The van der Waals surface area contributed by atoms with Gasteiger partial charge >= 0.3 is 0 Å². The molecule has 0 aliphatic heterocycles. The van der Waals surface area contributed by atoms with Crippen molar-refractivity contribution in [2.24, 2.45) is 0 Å². The molecule has 1 heterocycles. The van der Waals surface area contributed by atoms with E-state index < -0.39 is 2.14 Å². The Hall–Kier alpha value is -0.200. The number of halogens is 3. The summed E-state index contributed by atoms with van der Waals surface area (Å²) in [7, 11) is 0. The van der Waals surface area contributed by atoms with E-state index >= 15 is 0 Å². The van der Waals surface area contributed by atoms with Crippen molar-refractivity contribution in [3.05, 3.63) is 30.2 Å². The Morgan fingerprint density at radius 1 is 1.27 bits per heavy atom. The number of hydrogen-bond acceptors (Lipinski definition) is 3. The predicted octanol–water partition coefficient (Wildman–Crippen LogP) is 3.85. The van der Waals surface area contributed by atoms with Gasteiger partial charge in [0, 0.05) is 0 Å². The number of benzene rings is 1. The summed E-state index contributed by atoms with van der Waals surface area (Å²) >= 11 is 9.37. The number of ketones is 1. The van der Waals surface area contributed by atoms with Gasteiger partial charge in [-0.1, -0.05) is 59.9 Å². The van der Waals surface area contributed by atoms with Crippen LogP contribution in [-0.4, -0.2) is 12.9 Å². The third kappa shape index (κ3) is 2.32. The molecule has 0 radical (unpaired) electrons. The normalized spacial score (nSPS) is 11.9. The van der Waals surface area contributed by atoms with E-state index in [0.717, 1.165) is 0 Å². The van der Waals surface area contributed by atoms with Crippen molar-refractivity contribution in [1.29, 1.82) is 0 Å². The fourth-order valence-electron chi connectivity index (χ4n) is 1.09. The lowest BCUT2D eigenvalue weighted by Crippen LogP contribution is -2.17. The lowest BCUT2D eigenvalue weighted by Gasteiger charge is -2.05. The number of para-hydroxylation sites is 2. The van der Waals surface area contributed by atoms with E-state index in [1.54, 1.807) is 12.1 Å². The van der Waals surface area contributed by atoms with Crippen LogP contribution < -0.4 is 0 Å². The molecule has 3 nitrogen and oxygen atoms in total. The largest absolute Gasteiger partial charge is 0.434 e. The zero-order chi connectivity index (χ0) is 11.1. The van der Waals surface area contributed by atoms with Gasteiger partial charge in [-0.25, -0.2) is 4.98 Å². The second kappa shape index (κ2) is 3.99. The average molecular weight is 398 g/mol. The Balaban J connectivity index is 2.50. The summed E-state index contributed by atoms with van der Waals surface area (Å²) in [5, 5.41) is 0. The molecular weight excluding hydrogens is 394 g/mol. The molecule has 0 bridgehead atoms. The van der Waals surface area contributed by atoms with Crippen LogP contribution in [0.2, 0.25) is 0 Å². The van der Waals surface area contributed by atoms with Gasteiger partial charge in [-0.05, 0) is 12.1 Å². The van der Waals surface area contributed by atoms with E-state index in [1.165, 1.54) is 0 Å². The fourth-order valence-corrected chi connectivity index (χ4v) is 1.60. The molecule has 0 saturated heterocycles. The number of Topliss-reactive ketones (excluding diaryl/α,β-unsaturated/α-hetero) is 1. The first-order chi connectivity index (χ1) is 6.98. The molecule has 15 heavy (non-hydrogen) atoms. The number of rotatable bonds is 1. The molecule has 2 rings (SSSR count). The zero-order valence-electron chi connectivity index (χ0n) is 7.21. The molecule has 6 heteroatoms. The molecular formula is C9H4Br3NO2.